The molecule has 0 bridgehead atoms. The van der Waals surface area contributed by atoms with Crippen LogP contribution in [0, 0.1) is 17.4 Å². The first-order valence-electron chi connectivity index (χ1n) is 5.09. The largest absolute Gasteiger partial charge is 0.338 e. The lowest BCUT2D eigenvalue weighted by molar-refractivity contribution is 1.05. The zero-order valence-electron chi connectivity index (χ0n) is 9.46. The van der Waals surface area contributed by atoms with Gasteiger partial charge >= 0.3 is 0 Å². The van der Waals surface area contributed by atoms with Gasteiger partial charge in [0, 0.05) is 9.26 Å². The fourth-order valence-electron chi connectivity index (χ4n) is 1.33. The van der Waals surface area contributed by atoms with Crippen LogP contribution in [0.15, 0.2) is 24.3 Å². The maximum absolute atomic E-state index is 6.05. The molecule has 0 aliphatic carbocycles. The number of halogens is 2. The van der Waals surface area contributed by atoms with Crippen LogP contribution in [0.1, 0.15) is 11.4 Å². The van der Waals surface area contributed by atoms with Crippen molar-refractivity contribution in [1.29, 1.82) is 0 Å². The Bertz CT molecular complexity index is 540. The van der Waals surface area contributed by atoms with Gasteiger partial charge in [0.05, 0.1) is 11.4 Å². The predicted octanol–water partition coefficient (Wildman–Crippen LogP) is 4.10. The summed E-state index contributed by atoms with van der Waals surface area (Å²) in [6.07, 6.45) is 0. The van der Waals surface area contributed by atoms with Crippen molar-refractivity contribution < 1.29 is 0 Å². The molecule has 0 saturated heterocycles. The first-order valence-corrected chi connectivity index (χ1v) is 6.55. The van der Waals surface area contributed by atoms with E-state index in [9.17, 15) is 0 Å². The smallest absolute Gasteiger partial charge is 0.172 e. The molecule has 1 heterocycles. The van der Waals surface area contributed by atoms with Gasteiger partial charge in [-0.2, -0.15) is 0 Å². The molecule has 0 aliphatic rings. The number of nitrogens with one attached hydrogen (secondary N) is 1. The quantitative estimate of drug-likeness (QED) is 0.821. The molecule has 0 aliphatic heterocycles. The Morgan fingerprint density at radius 1 is 1.06 bits per heavy atom. The van der Waals surface area contributed by atoms with Crippen LogP contribution in [-0.4, -0.2) is 9.97 Å². The van der Waals surface area contributed by atoms with E-state index in [1.54, 1.807) is 0 Å². The Morgan fingerprint density at radius 2 is 1.65 bits per heavy atom. The first kappa shape index (κ1) is 12.6. The van der Waals surface area contributed by atoms with E-state index < -0.39 is 0 Å². The number of anilines is 2. The summed E-state index contributed by atoms with van der Waals surface area (Å²) in [5.74, 6) is 0.593. The van der Waals surface area contributed by atoms with E-state index in [4.69, 9.17) is 11.6 Å². The minimum absolute atomic E-state index is 0.395. The molecule has 1 N–H and O–H groups in total. The van der Waals surface area contributed by atoms with Crippen molar-refractivity contribution in [2.75, 3.05) is 5.32 Å². The number of benzene rings is 1. The third-order valence-corrected chi connectivity index (χ3v) is 3.35. The summed E-state index contributed by atoms with van der Waals surface area (Å²) in [7, 11) is 0. The number of hydrogen-bond acceptors (Lipinski definition) is 3. The highest BCUT2D eigenvalue weighted by molar-refractivity contribution is 14.1. The van der Waals surface area contributed by atoms with E-state index >= 15 is 0 Å². The van der Waals surface area contributed by atoms with E-state index in [0.29, 0.717) is 11.0 Å². The van der Waals surface area contributed by atoms with E-state index in [0.717, 1.165) is 17.1 Å². The molecular weight excluding hydrogens is 349 g/mol. The molecule has 0 spiro atoms. The summed E-state index contributed by atoms with van der Waals surface area (Å²) in [5.41, 5.74) is 2.68. The number of hydrogen-bond donors (Lipinski definition) is 1. The van der Waals surface area contributed by atoms with Crippen LogP contribution in [0.4, 0.5) is 11.5 Å². The molecule has 0 saturated carbocycles. The van der Waals surface area contributed by atoms with Crippen LogP contribution in [0.3, 0.4) is 0 Å². The zero-order valence-corrected chi connectivity index (χ0v) is 12.4. The van der Waals surface area contributed by atoms with E-state index in [-0.39, 0.29) is 0 Å². The number of aromatic nitrogens is 2. The van der Waals surface area contributed by atoms with E-state index in [1.165, 1.54) is 3.57 Å². The SMILES string of the molecule is Cc1nc(Cl)c(Nc2ccc(I)cc2)nc1C. The van der Waals surface area contributed by atoms with Crippen LogP contribution < -0.4 is 5.32 Å². The van der Waals surface area contributed by atoms with Crippen molar-refractivity contribution in [3.05, 3.63) is 44.4 Å². The molecule has 0 atom stereocenters. The predicted molar refractivity (Wildman–Crippen MR) is 79.0 cm³/mol. The fraction of sp³-hybridized carbons (Fsp3) is 0.167. The lowest BCUT2D eigenvalue weighted by Gasteiger charge is -2.09. The minimum Gasteiger partial charge on any atom is -0.338 e. The van der Waals surface area contributed by atoms with Gasteiger partial charge < -0.3 is 5.32 Å². The van der Waals surface area contributed by atoms with Gasteiger partial charge in [0.2, 0.25) is 0 Å². The van der Waals surface area contributed by atoms with Crippen LogP contribution in [0.25, 0.3) is 0 Å². The van der Waals surface area contributed by atoms with Crippen molar-refractivity contribution >= 4 is 45.7 Å². The standard InChI is InChI=1S/C12H11ClIN3/c1-7-8(2)16-12(11(13)15-7)17-10-5-3-9(14)4-6-10/h3-6H,1-2H3,(H,16,17). The first-order chi connectivity index (χ1) is 8.06. The molecule has 2 rings (SSSR count). The van der Waals surface area contributed by atoms with Crippen LogP contribution in [0.5, 0.6) is 0 Å². The third kappa shape index (κ3) is 3.07. The molecule has 0 radical (unpaired) electrons. The Morgan fingerprint density at radius 3 is 2.29 bits per heavy atom. The van der Waals surface area contributed by atoms with Crippen molar-refractivity contribution in [3.63, 3.8) is 0 Å². The average molecular weight is 360 g/mol. The molecule has 0 fully saturated rings. The molecule has 88 valence electrons. The normalized spacial score (nSPS) is 10.4. The van der Waals surface area contributed by atoms with Crippen molar-refractivity contribution in [3.8, 4) is 0 Å². The number of aryl methyl sites for hydroxylation is 2. The second-order valence-electron chi connectivity index (χ2n) is 3.67. The highest BCUT2D eigenvalue weighted by Gasteiger charge is 2.06. The van der Waals surface area contributed by atoms with Gasteiger partial charge in [-0.15, -0.1) is 0 Å². The minimum atomic E-state index is 0.395. The maximum atomic E-state index is 6.05. The Hall–Kier alpha value is -0.880. The highest BCUT2D eigenvalue weighted by atomic mass is 127. The third-order valence-electron chi connectivity index (χ3n) is 2.37. The van der Waals surface area contributed by atoms with Crippen LogP contribution in [0.2, 0.25) is 5.15 Å². The molecule has 17 heavy (non-hydrogen) atoms. The molecule has 0 unspecified atom stereocenters. The van der Waals surface area contributed by atoms with Crippen molar-refractivity contribution in [1.82, 2.24) is 9.97 Å². The van der Waals surface area contributed by atoms with Gasteiger partial charge in [-0.25, -0.2) is 9.97 Å². The summed E-state index contributed by atoms with van der Waals surface area (Å²) < 4.78 is 1.19. The second kappa shape index (κ2) is 5.18. The van der Waals surface area contributed by atoms with Crippen LogP contribution >= 0.6 is 34.2 Å². The summed E-state index contributed by atoms with van der Waals surface area (Å²) in [6.45, 7) is 3.81. The molecule has 1 aromatic heterocycles. The maximum Gasteiger partial charge on any atom is 0.172 e. The lowest BCUT2D eigenvalue weighted by atomic mass is 10.3. The molecule has 0 amide bonds. The molecule has 5 heteroatoms. The van der Waals surface area contributed by atoms with Gasteiger partial charge in [0.25, 0.3) is 0 Å². The zero-order chi connectivity index (χ0) is 12.4. The fourth-order valence-corrected chi connectivity index (χ4v) is 1.90. The number of nitrogens with zero attached hydrogens (tertiary/aromatic N) is 2. The van der Waals surface area contributed by atoms with Crippen molar-refractivity contribution in [2.24, 2.45) is 0 Å². The van der Waals surface area contributed by atoms with Crippen LogP contribution in [-0.2, 0) is 0 Å². The summed E-state index contributed by atoms with van der Waals surface area (Å²) in [5, 5.41) is 3.55. The summed E-state index contributed by atoms with van der Waals surface area (Å²) in [4.78, 5) is 8.61. The van der Waals surface area contributed by atoms with Crippen molar-refractivity contribution in [2.45, 2.75) is 13.8 Å². The Balaban J connectivity index is 2.30. The Kier molecular flexibility index (Phi) is 3.83. The van der Waals surface area contributed by atoms with E-state index in [1.807, 2.05) is 38.1 Å². The highest BCUT2D eigenvalue weighted by Crippen LogP contribution is 2.23. The Labute approximate surface area is 119 Å². The topological polar surface area (TPSA) is 37.8 Å². The lowest BCUT2D eigenvalue weighted by Crippen LogP contribution is -2.00. The molecule has 2 aromatic rings. The molecular formula is C12H11ClIN3. The summed E-state index contributed by atoms with van der Waals surface area (Å²) >= 11 is 8.31. The van der Waals surface area contributed by atoms with Gasteiger partial charge in [-0.05, 0) is 60.7 Å². The number of rotatable bonds is 2. The van der Waals surface area contributed by atoms with E-state index in [2.05, 4.69) is 37.9 Å². The molecule has 1 aromatic carbocycles. The monoisotopic (exact) mass is 359 g/mol. The average Bonchev–Trinajstić information content (AvgIpc) is 2.29. The van der Waals surface area contributed by atoms with Gasteiger partial charge in [0.15, 0.2) is 11.0 Å². The van der Waals surface area contributed by atoms with Gasteiger partial charge in [-0.1, -0.05) is 11.6 Å². The van der Waals surface area contributed by atoms with Gasteiger partial charge in [0.1, 0.15) is 0 Å². The molecule has 3 nitrogen and oxygen atoms in total. The van der Waals surface area contributed by atoms with Gasteiger partial charge in [-0.3, -0.25) is 0 Å². The second-order valence-corrected chi connectivity index (χ2v) is 5.27. The summed E-state index contributed by atoms with van der Waals surface area (Å²) in [6, 6.07) is 8.00.